The molecule has 1 aliphatic rings. The van der Waals surface area contributed by atoms with Gasteiger partial charge < -0.3 is 15.0 Å². The molecule has 2 aromatic heterocycles. The van der Waals surface area contributed by atoms with Crippen LogP contribution in [-0.2, 0) is 12.7 Å². The van der Waals surface area contributed by atoms with E-state index in [2.05, 4.69) is 15.3 Å². The number of aryl methyl sites for hydroxylation is 2. The summed E-state index contributed by atoms with van der Waals surface area (Å²) in [5.74, 6) is -0.0285. The number of pyridine rings is 1. The summed E-state index contributed by atoms with van der Waals surface area (Å²) in [5.41, 5.74) is -0.122. The number of aliphatic hydroxyl groups is 1. The number of nitrogens with zero attached hydrogens (tertiary/aromatic N) is 3. The maximum atomic E-state index is 13.4. The van der Waals surface area contributed by atoms with Crippen molar-refractivity contribution in [3.63, 3.8) is 0 Å². The number of rotatable bonds is 4. The smallest absolute Gasteiger partial charge is 0.391 e. The minimum absolute atomic E-state index is 0.130. The average Bonchev–Trinajstić information content (AvgIpc) is 3.07. The summed E-state index contributed by atoms with van der Waals surface area (Å²) in [6, 6.07) is 0.962. The van der Waals surface area contributed by atoms with Gasteiger partial charge in [0.2, 0.25) is 0 Å². The Morgan fingerprint density at radius 1 is 1.32 bits per heavy atom. The Kier molecular flexibility index (Phi) is 4.73. The van der Waals surface area contributed by atoms with Gasteiger partial charge in [-0.15, -0.1) is 0 Å². The van der Waals surface area contributed by atoms with Gasteiger partial charge >= 0.3 is 6.18 Å². The Morgan fingerprint density at radius 3 is 2.72 bits per heavy atom. The molecule has 1 aliphatic carbocycles. The largest absolute Gasteiger partial charge is 0.420 e. The van der Waals surface area contributed by atoms with Gasteiger partial charge in [0, 0.05) is 24.6 Å². The van der Waals surface area contributed by atoms with E-state index in [0.29, 0.717) is 25.1 Å². The van der Waals surface area contributed by atoms with Crippen LogP contribution in [0.1, 0.15) is 29.7 Å². The van der Waals surface area contributed by atoms with Gasteiger partial charge in [-0.05, 0) is 44.2 Å². The number of aromatic nitrogens is 3. The van der Waals surface area contributed by atoms with Gasteiger partial charge in [0.05, 0.1) is 18.5 Å². The van der Waals surface area contributed by atoms with Crippen molar-refractivity contribution in [2.75, 3.05) is 5.32 Å². The maximum Gasteiger partial charge on any atom is 0.420 e. The number of imidazole rings is 1. The van der Waals surface area contributed by atoms with E-state index in [9.17, 15) is 18.3 Å². The van der Waals surface area contributed by atoms with Crippen LogP contribution in [-0.4, -0.2) is 31.8 Å². The average molecular weight is 354 g/mol. The van der Waals surface area contributed by atoms with E-state index in [-0.39, 0.29) is 17.3 Å². The summed E-state index contributed by atoms with van der Waals surface area (Å²) in [5, 5.41) is 13.1. The topological polar surface area (TPSA) is 63.0 Å². The molecule has 8 heteroatoms. The highest BCUT2D eigenvalue weighted by atomic mass is 19.4. The third-order valence-electron chi connectivity index (χ3n) is 4.61. The number of hydrogen-bond acceptors (Lipinski definition) is 4. The first-order valence-corrected chi connectivity index (χ1v) is 8.20. The second-order valence-corrected chi connectivity index (χ2v) is 6.72. The van der Waals surface area contributed by atoms with Crippen LogP contribution in [0.4, 0.5) is 19.0 Å². The summed E-state index contributed by atoms with van der Waals surface area (Å²) < 4.78 is 42.1. The first-order chi connectivity index (χ1) is 11.7. The van der Waals surface area contributed by atoms with E-state index in [1.54, 1.807) is 19.4 Å². The van der Waals surface area contributed by atoms with Crippen molar-refractivity contribution in [3.05, 3.63) is 41.6 Å². The number of anilines is 1. The summed E-state index contributed by atoms with van der Waals surface area (Å²) in [6.07, 6.45) is 1.11. The molecule has 1 unspecified atom stereocenters. The lowest BCUT2D eigenvalue weighted by molar-refractivity contribution is -0.137. The molecule has 0 bridgehead atoms. The molecule has 0 amide bonds. The van der Waals surface area contributed by atoms with Crippen molar-refractivity contribution in [1.29, 1.82) is 0 Å². The van der Waals surface area contributed by atoms with E-state index >= 15 is 0 Å². The fourth-order valence-corrected chi connectivity index (χ4v) is 3.59. The van der Waals surface area contributed by atoms with E-state index in [1.807, 2.05) is 10.8 Å². The van der Waals surface area contributed by atoms with Crippen molar-refractivity contribution in [2.45, 2.75) is 51.6 Å². The second kappa shape index (κ2) is 6.67. The van der Waals surface area contributed by atoms with Gasteiger partial charge in [-0.25, -0.2) is 9.97 Å². The Balaban J connectivity index is 1.78. The van der Waals surface area contributed by atoms with E-state index in [0.717, 1.165) is 0 Å². The molecule has 0 aromatic carbocycles. The number of hydrogen-bond donors (Lipinski definition) is 2. The van der Waals surface area contributed by atoms with Crippen LogP contribution in [0.3, 0.4) is 0 Å². The first-order valence-electron chi connectivity index (χ1n) is 8.20. The molecule has 1 saturated carbocycles. The minimum Gasteiger partial charge on any atom is -0.391 e. The van der Waals surface area contributed by atoms with Gasteiger partial charge in [0.15, 0.2) is 0 Å². The fraction of sp³-hybridized carbons (Fsp3) is 0.529. The Morgan fingerprint density at radius 2 is 2.08 bits per heavy atom. The molecule has 5 nitrogen and oxygen atoms in total. The number of aliphatic hydroxyl groups excluding tert-OH is 1. The Hall–Kier alpha value is -2.09. The zero-order valence-electron chi connectivity index (χ0n) is 14.1. The Labute approximate surface area is 143 Å². The van der Waals surface area contributed by atoms with Gasteiger partial charge in [-0.1, -0.05) is 0 Å². The van der Waals surface area contributed by atoms with Gasteiger partial charge in [0.1, 0.15) is 11.4 Å². The molecule has 0 saturated heterocycles. The lowest BCUT2D eigenvalue weighted by atomic mass is 10.1. The van der Waals surface area contributed by atoms with Crippen LogP contribution in [0.15, 0.2) is 24.8 Å². The van der Waals surface area contributed by atoms with Crippen LogP contribution in [0.2, 0.25) is 0 Å². The maximum absolute atomic E-state index is 13.4. The molecule has 2 heterocycles. The van der Waals surface area contributed by atoms with Gasteiger partial charge in [0.25, 0.3) is 0 Å². The molecule has 3 rings (SSSR count). The molecular formula is C17H21F3N4O. The molecule has 25 heavy (non-hydrogen) atoms. The summed E-state index contributed by atoms with van der Waals surface area (Å²) in [6.45, 7) is 3.77. The molecule has 136 valence electrons. The summed E-state index contributed by atoms with van der Waals surface area (Å²) in [4.78, 5) is 8.02. The van der Waals surface area contributed by atoms with E-state index in [1.165, 1.54) is 13.0 Å². The van der Waals surface area contributed by atoms with E-state index in [4.69, 9.17) is 0 Å². The third kappa shape index (κ3) is 3.95. The highest BCUT2D eigenvalue weighted by Crippen LogP contribution is 2.38. The lowest BCUT2D eigenvalue weighted by Gasteiger charge is -2.22. The molecule has 0 spiro atoms. The summed E-state index contributed by atoms with van der Waals surface area (Å²) >= 11 is 0. The van der Waals surface area contributed by atoms with Crippen LogP contribution in [0.5, 0.6) is 0 Å². The Bertz CT molecular complexity index is 730. The van der Waals surface area contributed by atoms with Crippen molar-refractivity contribution < 1.29 is 18.3 Å². The summed E-state index contributed by atoms with van der Waals surface area (Å²) in [7, 11) is 0. The minimum atomic E-state index is -4.49. The zero-order chi connectivity index (χ0) is 18.2. The molecule has 1 fully saturated rings. The van der Waals surface area contributed by atoms with E-state index < -0.39 is 23.9 Å². The molecule has 2 N–H and O–H groups in total. The van der Waals surface area contributed by atoms with Crippen molar-refractivity contribution >= 4 is 5.82 Å². The predicted molar refractivity (Wildman–Crippen MR) is 87.1 cm³/mol. The van der Waals surface area contributed by atoms with Crippen LogP contribution in [0, 0.1) is 19.8 Å². The van der Waals surface area contributed by atoms with Crippen molar-refractivity contribution in [1.82, 2.24) is 14.5 Å². The molecule has 3 atom stereocenters. The zero-order valence-corrected chi connectivity index (χ0v) is 14.1. The normalized spacial score (nSPS) is 23.8. The van der Waals surface area contributed by atoms with Gasteiger partial charge in [-0.3, -0.25) is 0 Å². The van der Waals surface area contributed by atoms with Gasteiger partial charge in [-0.2, -0.15) is 13.2 Å². The molecule has 2 aromatic rings. The SMILES string of the molecule is Cc1cc(C)c(C(F)(F)F)c(N[C@@H]2CC(Cn3ccnc3)C[C@H]2O)n1. The van der Waals surface area contributed by atoms with Crippen LogP contribution >= 0.6 is 0 Å². The quantitative estimate of drug-likeness (QED) is 0.885. The predicted octanol–water partition coefficient (Wildman–Crippen LogP) is 3.17. The van der Waals surface area contributed by atoms with Crippen LogP contribution < -0.4 is 5.32 Å². The molecule has 0 aliphatic heterocycles. The van der Waals surface area contributed by atoms with Crippen molar-refractivity contribution in [3.8, 4) is 0 Å². The highest BCUT2D eigenvalue weighted by molar-refractivity contribution is 5.52. The lowest BCUT2D eigenvalue weighted by Crippen LogP contribution is -2.30. The first kappa shape index (κ1) is 17.7. The third-order valence-corrected chi connectivity index (χ3v) is 4.61. The number of alkyl halides is 3. The van der Waals surface area contributed by atoms with Crippen molar-refractivity contribution in [2.24, 2.45) is 5.92 Å². The standard InChI is InChI=1S/C17H21F3N4O/c1-10-5-11(2)22-16(15(10)17(18,19)20)23-13-6-12(7-14(13)25)8-24-4-3-21-9-24/h3-5,9,12-14,25H,6-8H2,1-2H3,(H,22,23)/t12?,13-,14-/m1/s1. The second-order valence-electron chi connectivity index (χ2n) is 6.72. The monoisotopic (exact) mass is 354 g/mol. The number of nitrogens with one attached hydrogen (secondary N) is 1. The van der Waals surface area contributed by atoms with Crippen LogP contribution in [0.25, 0.3) is 0 Å². The number of halogens is 3. The molecular weight excluding hydrogens is 333 g/mol. The highest BCUT2D eigenvalue weighted by Gasteiger charge is 2.39. The molecule has 0 radical (unpaired) electrons. The fourth-order valence-electron chi connectivity index (χ4n) is 3.59.